The summed E-state index contributed by atoms with van der Waals surface area (Å²) in [5.41, 5.74) is 2.29. The standard InChI is InChI=1S/C13H13BrN2S/c1-10(11-3-5-12(14)6-4-11)9-17-13-15-7-8-16(13)2/h3-8H,1,9H2,2H3. The molecule has 1 aromatic heterocycles. The van der Waals surface area contributed by atoms with Crippen molar-refractivity contribution in [2.45, 2.75) is 5.16 Å². The fourth-order valence-electron chi connectivity index (χ4n) is 1.41. The second-order valence-electron chi connectivity index (χ2n) is 3.72. The van der Waals surface area contributed by atoms with E-state index in [1.807, 2.05) is 36.1 Å². The Balaban J connectivity index is 1.98. The first-order chi connectivity index (χ1) is 8.16. The van der Waals surface area contributed by atoms with Crippen molar-refractivity contribution >= 4 is 33.3 Å². The van der Waals surface area contributed by atoms with Crippen molar-refractivity contribution < 1.29 is 0 Å². The molecule has 0 amide bonds. The average Bonchev–Trinajstić information content (AvgIpc) is 2.73. The lowest BCUT2D eigenvalue weighted by atomic mass is 10.1. The SMILES string of the molecule is C=C(CSc1nccn1C)c1ccc(Br)cc1. The summed E-state index contributed by atoms with van der Waals surface area (Å²) in [4.78, 5) is 4.27. The molecule has 2 aromatic rings. The highest BCUT2D eigenvalue weighted by Crippen LogP contribution is 2.23. The summed E-state index contributed by atoms with van der Waals surface area (Å²) in [7, 11) is 2.00. The largest absolute Gasteiger partial charge is 0.329 e. The molecular formula is C13H13BrN2S. The van der Waals surface area contributed by atoms with E-state index in [2.05, 4.69) is 39.6 Å². The topological polar surface area (TPSA) is 17.8 Å². The minimum Gasteiger partial charge on any atom is -0.329 e. The molecule has 0 aliphatic heterocycles. The molecule has 0 aliphatic carbocycles. The van der Waals surface area contributed by atoms with E-state index in [4.69, 9.17) is 0 Å². The van der Waals surface area contributed by atoms with Gasteiger partial charge in [0.1, 0.15) is 0 Å². The molecule has 2 rings (SSSR count). The van der Waals surface area contributed by atoms with Gasteiger partial charge in [0.2, 0.25) is 0 Å². The van der Waals surface area contributed by atoms with Gasteiger partial charge in [0.05, 0.1) is 0 Å². The molecule has 0 atom stereocenters. The van der Waals surface area contributed by atoms with Gasteiger partial charge in [-0.15, -0.1) is 0 Å². The van der Waals surface area contributed by atoms with Gasteiger partial charge < -0.3 is 4.57 Å². The van der Waals surface area contributed by atoms with E-state index in [1.165, 1.54) is 5.56 Å². The number of hydrogen-bond acceptors (Lipinski definition) is 2. The Morgan fingerprint density at radius 2 is 2.12 bits per heavy atom. The lowest BCUT2D eigenvalue weighted by Crippen LogP contribution is -1.92. The van der Waals surface area contributed by atoms with E-state index in [9.17, 15) is 0 Å². The molecule has 0 N–H and O–H groups in total. The summed E-state index contributed by atoms with van der Waals surface area (Å²) in [5, 5.41) is 1.02. The van der Waals surface area contributed by atoms with Crippen LogP contribution in [-0.2, 0) is 7.05 Å². The van der Waals surface area contributed by atoms with Crippen molar-refractivity contribution in [1.29, 1.82) is 0 Å². The Morgan fingerprint density at radius 1 is 1.41 bits per heavy atom. The highest BCUT2D eigenvalue weighted by Gasteiger charge is 2.03. The zero-order valence-corrected chi connectivity index (χ0v) is 12.0. The molecule has 0 saturated carbocycles. The molecule has 17 heavy (non-hydrogen) atoms. The maximum atomic E-state index is 4.27. The number of rotatable bonds is 4. The van der Waals surface area contributed by atoms with Crippen LogP contribution in [0.15, 0.2) is 52.9 Å². The van der Waals surface area contributed by atoms with E-state index in [0.717, 1.165) is 21.0 Å². The lowest BCUT2D eigenvalue weighted by Gasteiger charge is -2.06. The van der Waals surface area contributed by atoms with Gasteiger partial charge in [-0.25, -0.2) is 4.98 Å². The summed E-state index contributed by atoms with van der Waals surface area (Å²) < 4.78 is 3.10. The maximum absolute atomic E-state index is 4.27. The van der Waals surface area contributed by atoms with Crippen molar-refractivity contribution in [3.05, 3.63) is 53.3 Å². The molecule has 88 valence electrons. The van der Waals surface area contributed by atoms with Gasteiger partial charge in [-0.1, -0.05) is 46.4 Å². The number of hydrogen-bond donors (Lipinski definition) is 0. The first-order valence-electron chi connectivity index (χ1n) is 5.20. The summed E-state index contributed by atoms with van der Waals surface area (Å²) in [6, 6.07) is 8.22. The van der Waals surface area contributed by atoms with Gasteiger partial charge in [-0.2, -0.15) is 0 Å². The smallest absolute Gasteiger partial charge is 0.167 e. The van der Waals surface area contributed by atoms with E-state index >= 15 is 0 Å². The van der Waals surface area contributed by atoms with Crippen LogP contribution in [0.2, 0.25) is 0 Å². The zero-order chi connectivity index (χ0) is 12.3. The van der Waals surface area contributed by atoms with Gasteiger partial charge in [0.25, 0.3) is 0 Å². The molecular weight excluding hydrogens is 296 g/mol. The predicted octanol–water partition coefficient (Wildman–Crippen LogP) is 3.99. The molecule has 0 spiro atoms. The molecule has 1 heterocycles. The minimum atomic E-state index is 0.854. The second-order valence-corrected chi connectivity index (χ2v) is 5.58. The Labute approximate surface area is 114 Å². The van der Waals surface area contributed by atoms with E-state index < -0.39 is 0 Å². The molecule has 0 unspecified atom stereocenters. The molecule has 0 bridgehead atoms. The molecule has 4 heteroatoms. The first kappa shape index (κ1) is 12.5. The van der Waals surface area contributed by atoms with Crippen LogP contribution >= 0.6 is 27.7 Å². The highest BCUT2D eigenvalue weighted by atomic mass is 79.9. The molecule has 2 nitrogen and oxygen atoms in total. The van der Waals surface area contributed by atoms with Gasteiger partial charge >= 0.3 is 0 Å². The Morgan fingerprint density at radius 3 is 2.71 bits per heavy atom. The molecule has 1 aromatic carbocycles. The van der Waals surface area contributed by atoms with Crippen LogP contribution < -0.4 is 0 Å². The number of aryl methyl sites for hydroxylation is 1. The third-order valence-corrected chi connectivity index (χ3v) is 4.08. The van der Waals surface area contributed by atoms with E-state index in [1.54, 1.807) is 11.8 Å². The summed E-state index contributed by atoms with van der Waals surface area (Å²) in [5.74, 6) is 0.854. The minimum absolute atomic E-state index is 0.854. The van der Waals surface area contributed by atoms with Crippen molar-refractivity contribution in [3.8, 4) is 0 Å². The van der Waals surface area contributed by atoms with Gasteiger partial charge in [0.15, 0.2) is 5.16 Å². The van der Waals surface area contributed by atoms with E-state index in [-0.39, 0.29) is 0 Å². The third-order valence-electron chi connectivity index (χ3n) is 2.40. The van der Waals surface area contributed by atoms with Crippen LogP contribution in [-0.4, -0.2) is 15.3 Å². The monoisotopic (exact) mass is 308 g/mol. The Bertz CT molecular complexity index is 516. The fraction of sp³-hybridized carbons (Fsp3) is 0.154. The van der Waals surface area contributed by atoms with Crippen LogP contribution in [0.1, 0.15) is 5.56 Å². The highest BCUT2D eigenvalue weighted by molar-refractivity contribution is 9.10. The average molecular weight is 309 g/mol. The quantitative estimate of drug-likeness (QED) is 0.795. The van der Waals surface area contributed by atoms with Gasteiger partial charge in [-0.05, 0) is 23.3 Å². The molecule has 0 radical (unpaired) electrons. The summed E-state index contributed by atoms with van der Waals surface area (Å²) in [6.45, 7) is 4.11. The first-order valence-corrected chi connectivity index (χ1v) is 6.98. The van der Waals surface area contributed by atoms with Gasteiger partial charge in [-0.3, -0.25) is 0 Å². The Hall–Kier alpha value is -1.000. The molecule has 0 saturated heterocycles. The van der Waals surface area contributed by atoms with Crippen molar-refractivity contribution in [2.75, 3.05) is 5.75 Å². The number of aromatic nitrogens is 2. The van der Waals surface area contributed by atoms with Crippen molar-refractivity contribution in [3.63, 3.8) is 0 Å². The molecule has 0 aliphatic rings. The van der Waals surface area contributed by atoms with Gasteiger partial charge in [0, 0.05) is 29.7 Å². The van der Waals surface area contributed by atoms with Crippen molar-refractivity contribution in [2.24, 2.45) is 7.05 Å². The second kappa shape index (κ2) is 5.56. The fourth-order valence-corrected chi connectivity index (χ4v) is 2.55. The lowest BCUT2D eigenvalue weighted by molar-refractivity contribution is 0.791. The van der Waals surface area contributed by atoms with Crippen LogP contribution in [0.25, 0.3) is 5.57 Å². The number of benzene rings is 1. The maximum Gasteiger partial charge on any atom is 0.167 e. The number of nitrogens with zero attached hydrogens (tertiary/aromatic N) is 2. The molecule has 0 fully saturated rings. The van der Waals surface area contributed by atoms with Crippen LogP contribution in [0.4, 0.5) is 0 Å². The normalized spacial score (nSPS) is 10.5. The number of halogens is 1. The predicted molar refractivity (Wildman–Crippen MR) is 77.1 cm³/mol. The van der Waals surface area contributed by atoms with Crippen LogP contribution in [0.5, 0.6) is 0 Å². The number of imidazole rings is 1. The Kier molecular flexibility index (Phi) is 4.07. The summed E-state index contributed by atoms with van der Waals surface area (Å²) in [6.07, 6.45) is 3.76. The summed E-state index contributed by atoms with van der Waals surface area (Å²) >= 11 is 5.13. The van der Waals surface area contributed by atoms with Crippen LogP contribution in [0.3, 0.4) is 0 Å². The number of thioether (sulfide) groups is 1. The van der Waals surface area contributed by atoms with Crippen LogP contribution in [0, 0.1) is 0 Å². The van der Waals surface area contributed by atoms with E-state index in [0.29, 0.717) is 0 Å². The zero-order valence-electron chi connectivity index (χ0n) is 9.56. The third kappa shape index (κ3) is 3.23. The van der Waals surface area contributed by atoms with Crippen molar-refractivity contribution in [1.82, 2.24) is 9.55 Å².